The molecule has 2 fully saturated rings. The van der Waals surface area contributed by atoms with E-state index < -0.39 is 35.2 Å². The molecule has 2 N–H and O–H groups in total. The molecule has 7 nitrogen and oxygen atoms in total. The number of rotatable bonds is 5. The molecule has 6 unspecified atom stereocenters. The zero-order chi connectivity index (χ0) is 23.1. The molecule has 0 spiro atoms. The molecule has 1 saturated carbocycles. The van der Waals surface area contributed by atoms with Gasteiger partial charge in [-0.3, -0.25) is 9.59 Å². The number of esters is 1. The van der Waals surface area contributed by atoms with Crippen LogP contribution in [0.3, 0.4) is 0 Å². The van der Waals surface area contributed by atoms with Crippen molar-refractivity contribution in [2.45, 2.75) is 64.5 Å². The minimum absolute atomic E-state index is 0.0134. The minimum Gasteiger partial charge on any atom is -0.511 e. The Morgan fingerprint density at radius 1 is 1.26 bits per heavy atom. The summed E-state index contributed by atoms with van der Waals surface area (Å²) in [7, 11) is 2.65. The van der Waals surface area contributed by atoms with Gasteiger partial charge in [-0.15, -0.1) is 0 Å². The third kappa shape index (κ3) is 3.93. The highest BCUT2D eigenvalue weighted by Gasteiger charge is 2.52. The van der Waals surface area contributed by atoms with Crippen LogP contribution in [0.5, 0.6) is 0 Å². The van der Waals surface area contributed by atoms with Gasteiger partial charge in [-0.05, 0) is 36.5 Å². The molecule has 0 radical (unpaired) electrons. The van der Waals surface area contributed by atoms with Gasteiger partial charge in [0.25, 0.3) is 5.91 Å². The Hall–Kier alpha value is -2.15. The molecule has 1 saturated heterocycles. The summed E-state index contributed by atoms with van der Waals surface area (Å²) in [6.07, 6.45) is 8.25. The zero-order valence-corrected chi connectivity index (χ0v) is 19.1. The lowest BCUT2D eigenvalue weighted by Gasteiger charge is -2.41. The first kappa shape index (κ1) is 23.5. The van der Waals surface area contributed by atoms with E-state index in [0.29, 0.717) is 5.92 Å². The Labute approximate surface area is 184 Å². The van der Waals surface area contributed by atoms with Gasteiger partial charge in [-0.1, -0.05) is 45.8 Å². The number of aliphatic hydroxyl groups is 2. The van der Waals surface area contributed by atoms with Crippen LogP contribution in [-0.4, -0.2) is 58.6 Å². The van der Waals surface area contributed by atoms with E-state index in [4.69, 9.17) is 4.74 Å². The number of allylic oxidation sites excluding steroid dienone is 3. The van der Waals surface area contributed by atoms with Gasteiger partial charge < -0.3 is 19.8 Å². The Bertz CT molecular complexity index is 815. The van der Waals surface area contributed by atoms with E-state index in [9.17, 15) is 24.6 Å². The van der Waals surface area contributed by atoms with Crippen molar-refractivity contribution >= 4 is 17.7 Å². The number of Topliss-reactive ketones (excluding diaryl/α,β-unsaturated/α-hetero) is 1. The maximum Gasteiger partial charge on any atom is 0.338 e. The zero-order valence-electron chi connectivity index (χ0n) is 19.1. The second kappa shape index (κ2) is 8.77. The largest absolute Gasteiger partial charge is 0.511 e. The topological polar surface area (TPSA) is 104 Å². The Balaban J connectivity index is 1.96. The van der Waals surface area contributed by atoms with E-state index in [1.807, 2.05) is 6.92 Å². The Kier molecular flexibility index (Phi) is 6.65. The van der Waals surface area contributed by atoms with Crippen molar-refractivity contribution in [2.24, 2.45) is 29.6 Å². The number of likely N-dealkylation sites (tertiary alicyclic amines) is 1. The van der Waals surface area contributed by atoms with E-state index in [0.717, 1.165) is 25.7 Å². The normalized spacial score (nSPS) is 34.5. The molecule has 3 aliphatic rings. The quantitative estimate of drug-likeness (QED) is 0.227. The Morgan fingerprint density at radius 3 is 2.52 bits per heavy atom. The lowest BCUT2D eigenvalue weighted by molar-refractivity contribution is -0.170. The van der Waals surface area contributed by atoms with E-state index in [2.05, 4.69) is 12.2 Å². The molecule has 172 valence electrons. The first-order chi connectivity index (χ1) is 14.5. The number of aliphatic hydroxyl groups excluding tert-OH is 1. The van der Waals surface area contributed by atoms with E-state index in [-0.39, 0.29) is 35.5 Å². The molecule has 31 heavy (non-hydrogen) atoms. The van der Waals surface area contributed by atoms with Crippen LogP contribution in [0.4, 0.5) is 0 Å². The summed E-state index contributed by atoms with van der Waals surface area (Å²) < 4.78 is 4.75. The number of likely N-dealkylation sites (N-methyl/N-ethyl adjacent to an activating group) is 1. The van der Waals surface area contributed by atoms with Gasteiger partial charge in [0.05, 0.1) is 13.2 Å². The predicted octanol–water partition coefficient (Wildman–Crippen LogP) is 2.79. The second-order valence-corrected chi connectivity index (χ2v) is 9.71. The van der Waals surface area contributed by atoms with Crippen LogP contribution >= 0.6 is 0 Å². The highest BCUT2D eigenvalue weighted by molar-refractivity contribution is 6.26. The summed E-state index contributed by atoms with van der Waals surface area (Å²) in [4.78, 5) is 39.9. The fraction of sp³-hybridized carbons (Fsp3) is 0.708. The first-order valence-corrected chi connectivity index (χ1v) is 11.3. The summed E-state index contributed by atoms with van der Waals surface area (Å²) in [6.45, 7) is 5.32. The molecule has 6 atom stereocenters. The van der Waals surface area contributed by atoms with Crippen molar-refractivity contribution in [1.29, 1.82) is 0 Å². The highest BCUT2D eigenvalue weighted by atomic mass is 16.5. The maximum absolute atomic E-state index is 13.3. The number of hydrogen-bond acceptors (Lipinski definition) is 6. The molecule has 3 rings (SSSR count). The lowest BCUT2D eigenvalue weighted by atomic mass is 9.64. The number of nitrogens with zero attached hydrogens (tertiary/aromatic N) is 1. The SMILES string of the molecule is COC(=O)C(O)(CC1C(=O)C(=C(O)C2C(C)C=CC3CCCCC32)C(=O)N1C)C(C)C. The number of amides is 1. The van der Waals surface area contributed by atoms with Gasteiger partial charge in [-0.25, -0.2) is 4.79 Å². The molecular weight excluding hydrogens is 398 g/mol. The molecule has 1 amide bonds. The van der Waals surface area contributed by atoms with Crippen LogP contribution in [0.1, 0.15) is 52.9 Å². The van der Waals surface area contributed by atoms with Crippen molar-refractivity contribution in [2.75, 3.05) is 14.2 Å². The number of carbonyl (C=O) groups excluding carboxylic acids is 3. The molecular formula is C24H35NO6. The summed E-state index contributed by atoms with van der Waals surface area (Å²) in [5, 5.41) is 22.2. The van der Waals surface area contributed by atoms with Crippen LogP contribution in [0.15, 0.2) is 23.5 Å². The summed E-state index contributed by atoms with van der Waals surface area (Å²) in [5.41, 5.74) is -2.11. The van der Waals surface area contributed by atoms with Crippen LogP contribution < -0.4 is 0 Å². The molecule has 1 heterocycles. The van der Waals surface area contributed by atoms with Gasteiger partial charge in [0.2, 0.25) is 0 Å². The average Bonchev–Trinajstić information content (AvgIpc) is 2.95. The van der Waals surface area contributed by atoms with Crippen LogP contribution in [0, 0.1) is 29.6 Å². The fourth-order valence-electron chi connectivity index (χ4n) is 5.58. The molecule has 1 aliphatic heterocycles. The first-order valence-electron chi connectivity index (χ1n) is 11.3. The number of hydrogen-bond donors (Lipinski definition) is 2. The number of methoxy groups -OCH3 is 1. The van der Waals surface area contributed by atoms with Crippen molar-refractivity contribution in [3.05, 3.63) is 23.5 Å². The third-order valence-corrected chi connectivity index (χ3v) is 7.69. The smallest absolute Gasteiger partial charge is 0.338 e. The number of carbonyl (C=O) groups is 3. The number of ether oxygens (including phenoxy) is 1. The molecule has 0 bridgehead atoms. The van der Waals surface area contributed by atoms with Gasteiger partial charge in [-0.2, -0.15) is 0 Å². The van der Waals surface area contributed by atoms with E-state index in [1.54, 1.807) is 13.8 Å². The van der Waals surface area contributed by atoms with E-state index in [1.165, 1.54) is 19.1 Å². The lowest BCUT2D eigenvalue weighted by Crippen LogP contribution is -2.50. The van der Waals surface area contributed by atoms with Crippen molar-refractivity contribution in [1.82, 2.24) is 4.90 Å². The van der Waals surface area contributed by atoms with Gasteiger partial charge in [0, 0.05) is 19.4 Å². The van der Waals surface area contributed by atoms with Crippen LogP contribution in [0.2, 0.25) is 0 Å². The van der Waals surface area contributed by atoms with Gasteiger partial charge >= 0.3 is 5.97 Å². The van der Waals surface area contributed by atoms with Crippen molar-refractivity contribution in [3.8, 4) is 0 Å². The maximum atomic E-state index is 13.3. The predicted molar refractivity (Wildman–Crippen MR) is 115 cm³/mol. The number of ketones is 1. The van der Waals surface area contributed by atoms with Gasteiger partial charge in [0.1, 0.15) is 11.3 Å². The minimum atomic E-state index is -1.91. The fourth-order valence-corrected chi connectivity index (χ4v) is 5.58. The van der Waals surface area contributed by atoms with Crippen LogP contribution in [-0.2, 0) is 19.1 Å². The molecule has 7 heteroatoms. The summed E-state index contributed by atoms with van der Waals surface area (Å²) in [5.74, 6) is -2.31. The summed E-state index contributed by atoms with van der Waals surface area (Å²) >= 11 is 0. The average molecular weight is 434 g/mol. The highest BCUT2D eigenvalue weighted by Crippen LogP contribution is 2.46. The third-order valence-electron chi connectivity index (χ3n) is 7.69. The molecule has 2 aliphatic carbocycles. The van der Waals surface area contributed by atoms with Crippen molar-refractivity contribution in [3.63, 3.8) is 0 Å². The van der Waals surface area contributed by atoms with Crippen molar-refractivity contribution < 1.29 is 29.3 Å². The molecule has 0 aromatic carbocycles. The van der Waals surface area contributed by atoms with Gasteiger partial charge in [0.15, 0.2) is 11.4 Å². The summed E-state index contributed by atoms with van der Waals surface area (Å²) in [6, 6.07) is -1.03. The number of fused-ring (bicyclic) bond motifs is 1. The second-order valence-electron chi connectivity index (χ2n) is 9.71. The molecule has 0 aromatic rings. The monoisotopic (exact) mass is 433 g/mol. The van der Waals surface area contributed by atoms with Crippen LogP contribution in [0.25, 0.3) is 0 Å². The van der Waals surface area contributed by atoms with E-state index >= 15 is 0 Å². The molecule has 0 aromatic heterocycles. The Morgan fingerprint density at radius 2 is 1.90 bits per heavy atom. The standard InChI is InChI=1S/C24H35NO6/c1-13(2)24(30,23(29)31-5)12-17-20(26)19(22(28)25(17)4)21(27)18-14(3)10-11-15-8-6-7-9-16(15)18/h10-11,13-18,27,30H,6-9,12H2,1-5H3.